The van der Waals surface area contributed by atoms with Crippen LogP contribution in [0.25, 0.3) is 0 Å². The zero-order valence-corrected chi connectivity index (χ0v) is 7.41. The molecule has 0 aromatic carbocycles. The van der Waals surface area contributed by atoms with Crippen molar-refractivity contribution in [2.24, 2.45) is 11.8 Å². The van der Waals surface area contributed by atoms with Crippen molar-refractivity contribution in [3.05, 3.63) is 23.8 Å². The summed E-state index contributed by atoms with van der Waals surface area (Å²) in [5.41, 5.74) is 1.25. The Hall–Kier alpha value is -0.560. The number of hydrogen-bond donors (Lipinski definition) is 1. The molecule has 2 atom stereocenters. The molecule has 1 N–H and O–H groups in total. The van der Waals surface area contributed by atoms with Crippen LogP contribution in [0.1, 0.15) is 20.8 Å². The number of hydrogen-bond acceptors (Lipinski definition) is 1. The Labute approximate surface area is 68.4 Å². The van der Waals surface area contributed by atoms with Crippen molar-refractivity contribution in [1.29, 1.82) is 0 Å². The zero-order chi connectivity index (χ0) is 8.43. The molecule has 1 rings (SSSR count). The molecule has 0 aromatic heterocycles. The maximum absolute atomic E-state index is 9.47. The molecule has 1 aliphatic carbocycles. The molecular weight excluding hydrogens is 136 g/mol. The lowest BCUT2D eigenvalue weighted by molar-refractivity contribution is 0.182. The van der Waals surface area contributed by atoms with Crippen molar-refractivity contribution >= 4 is 0 Å². The van der Waals surface area contributed by atoms with Gasteiger partial charge in [0.15, 0.2) is 0 Å². The summed E-state index contributed by atoms with van der Waals surface area (Å²) in [5.74, 6) is 0.797. The summed E-state index contributed by atoms with van der Waals surface area (Å²) in [7, 11) is 0. The van der Waals surface area contributed by atoms with Gasteiger partial charge in [-0.05, 0) is 11.5 Å². The van der Waals surface area contributed by atoms with Crippen molar-refractivity contribution in [3.8, 4) is 0 Å². The van der Waals surface area contributed by atoms with E-state index in [4.69, 9.17) is 0 Å². The number of aliphatic hydroxyl groups is 1. The largest absolute Gasteiger partial charge is 0.388 e. The second-order valence-corrected chi connectivity index (χ2v) is 3.53. The van der Waals surface area contributed by atoms with Crippen LogP contribution in [0.15, 0.2) is 23.8 Å². The summed E-state index contributed by atoms with van der Waals surface area (Å²) in [6.45, 7) is 6.30. The highest BCUT2D eigenvalue weighted by molar-refractivity contribution is 5.27. The van der Waals surface area contributed by atoms with Crippen LogP contribution in [0, 0.1) is 11.8 Å². The molecule has 1 heteroatoms. The maximum atomic E-state index is 9.47. The molecule has 0 bridgehead atoms. The maximum Gasteiger partial charge on any atom is 0.0786 e. The van der Waals surface area contributed by atoms with E-state index < -0.39 is 0 Å². The van der Waals surface area contributed by atoms with Gasteiger partial charge in [-0.25, -0.2) is 0 Å². The second kappa shape index (κ2) is 3.22. The molecule has 0 aliphatic heterocycles. The normalized spacial score (nSPS) is 30.8. The summed E-state index contributed by atoms with van der Waals surface area (Å²) < 4.78 is 0. The third kappa shape index (κ3) is 1.93. The van der Waals surface area contributed by atoms with Crippen LogP contribution in [0.5, 0.6) is 0 Å². The number of allylic oxidation sites excluding steroid dienone is 2. The molecule has 0 saturated carbocycles. The lowest BCUT2D eigenvalue weighted by Gasteiger charge is -2.19. The average molecular weight is 152 g/mol. The van der Waals surface area contributed by atoms with Crippen LogP contribution >= 0.6 is 0 Å². The molecular formula is C10H16O. The van der Waals surface area contributed by atoms with Crippen LogP contribution in [0.3, 0.4) is 0 Å². The van der Waals surface area contributed by atoms with E-state index in [1.807, 2.05) is 13.0 Å². The van der Waals surface area contributed by atoms with Gasteiger partial charge in [0.25, 0.3) is 0 Å². The first-order valence-electron chi connectivity index (χ1n) is 4.19. The predicted octanol–water partition coefficient (Wildman–Crippen LogP) is 2.14. The minimum atomic E-state index is -0.280. The fourth-order valence-electron chi connectivity index (χ4n) is 1.17. The zero-order valence-electron chi connectivity index (χ0n) is 7.41. The molecule has 11 heavy (non-hydrogen) atoms. The van der Waals surface area contributed by atoms with E-state index >= 15 is 0 Å². The molecule has 0 saturated heterocycles. The second-order valence-electron chi connectivity index (χ2n) is 3.53. The Morgan fingerprint density at radius 2 is 2.09 bits per heavy atom. The van der Waals surface area contributed by atoms with Gasteiger partial charge in [0.1, 0.15) is 0 Å². The molecule has 0 radical (unpaired) electrons. The first-order chi connectivity index (χ1) is 5.11. The topological polar surface area (TPSA) is 20.2 Å². The van der Waals surface area contributed by atoms with Crippen molar-refractivity contribution in [2.75, 3.05) is 0 Å². The Morgan fingerprint density at radius 3 is 2.55 bits per heavy atom. The van der Waals surface area contributed by atoms with Crippen LogP contribution in [0.4, 0.5) is 0 Å². The molecule has 0 fully saturated rings. The summed E-state index contributed by atoms with van der Waals surface area (Å²) in [6, 6.07) is 0. The first-order valence-corrected chi connectivity index (χ1v) is 4.19. The Morgan fingerprint density at radius 1 is 1.45 bits per heavy atom. The molecule has 1 aliphatic rings. The van der Waals surface area contributed by atoms with Gasteiger partial charge in [0.05, 0.1) is 6.10 Å². The van der Waals surface area contributed by atoms with E-state index in [1.165, 1.54) is 5.57 Å². The van der Waals surface area contributed by atoms with Gasteiger partial charge < -0.3 is 5.11 Å². The van der Waals surface area contributed by atoms with Gasteiger partial charge in [0, 0.05) is 5.92 Å². The smallest absolute Gasteiger partial charge is 0.0786 e. The minimum absolute atomic E-state index is 0.275. The van der Waals surface area contributed by atoms with Gasteiger partial charge in [0.2, 0.25) is 0 Å². The molecule has 62 valence electrons. The molecule has 1 nitrogen and oxygen atoms in total. The van der Waals surface area contributed by atoms with Crippen molar-refractivity contribution in [3.63, 3.8) is 0 Å². The molecule has 0 spiro atoms. The predicted molar refractivity (Wildman–Crippen MR) is 47.2 cm³/mol. The Kier molecular flexibility index (Phi) is 2.50. The van der Waals surface area contributed by atoms with Crippen LogP contribution < -0.4 is 0 Å². The Bertz CT molecular complexity index is 189. The minimum Gasteiger partial charge on any atom is -0.388 e. The highest BCUT2D eigenvalue weighted by Crippen LogP contribution is 2.21. The van der Waals surface area contributed by atoms with Gasteiger partial charge in [-0.3, -0.25) is 0 Å². The highest BCUT2D eigenvalue weighted by Gasteiger charge is 2.14. The SMILES string of the molecule is CC(C)C1=CC(O)C(C)C=C1. The summed E-state index contributed by atoms with van der Waals surface area (Å²) >= 11 is 0. The third-order valence-electron chi connectivity index (χ3n) is 2.16. The van der Waals surface area contributed by atoms with E-state index in [0.29, 0.717) is 5.92 Å². The molecule has 0 amide bonds. The fourth-order valence-corrected chi connectivity index (χ4v) is 1.17. The molecule has 2 unspecified atom stereocenters. The van der Waals surface area contributed by atoms with Crippen molar-refractivity contribution in [2.45, 2.75) is 26.9 Å². The van der Waals surface area contributed by atoms with Gasteiger partial charge in [-0.15, -0.1) is 0 Å². The van der Waals surface area contributed by atoms with Crippen molar-refractivity contribution < 1.29 is 5.11 Å². The van der Waals surface area contributed by atoms with E-state index in [2.05, 4.69) is 26.0 Å². The van der Waals surface area contributed by atoms with Crippen molar-refractivity contribution in [1.82, 2.24) is 0 Å². The molecule has 0 heterocycles. The summed E-state index contributed by atoms with van der Waals surface area (Å²) in [4.78, 5) is 0. The fraction of sp³-hybridized carbons (Fsp3) is 0.600. The van der Waals surface area contributed by atoms with Gasteiger partial charge >= 0.3 is 0 Å². The summed E-state index contributed by atoms with van der Waals surface area (Å²) in [5, 5.41) is 9.47. The average Bonchev–Trinajstić information content (AvgIpc) is 1.94. The van der Waals surface area contributed by atoms with Crippen LogP contribution in [-0.4, -0.2) is 11.2 Å². The molecule has 0 aromatic rings. The highest BCUT2D eigenvalue weighted by atomic mass is 16.3. The number of rotatable bonds is 1. The van der Waals surface area contributed by atoms with E-state index in [9.17, 15) is 5.11 Å². The lowest BCUT2D eigenvalue weighted by atomic mass is 9.90. The number of aliphatic hydroxyl groups excluding tert-OH is 1. The lowest BCUT2D eigenvalue weighted by Crippen LogP contribution is -2.17. The third-order valence-corrected chi connectivity index (χ3v) is 2.16. The standard InChI is InChI=1S/C10H16O/c1-7(2)9-5-4-8(3)10(11)6-9/h4-8,10-11H,1-3H3. The quantitative estimate of drug-likeness (QED) is 0.610. The van der Waals surface area contributed by atoms with Gasteiger partial charge in [-0.2, -0.15) is 0 Å². The monoisotopic (exact) mass is 152 g/mol. The summed E-state index contributed by atoms with van der Waals surface area (Å²) in [6.07, 6.45) is 5.86. The van der Waals surface area contributed by atoms with Gasteiger partial charge in [-0.1, -0.05) is 39.0 Å². The first kappa shape index (κ1) is 8.54. The van der Waals surface area contributed by atoms with Crippen LogP contribution in [0.2, 0.25) is 0 Å². The van der Waals surface area contributed by atoms with Crippen LogP contribution in [-0.2, 0) is 0 Å². The van der Waals surface area contributed by atoms with E-state index in [1.54, 1.807) is 0 Å². The Balaban J connectivity index is 2.72. The van der Waals surface area contributed by atoms with E-state index in [0.717, 1.165) is 0 Å². The van der Waals surface area contributed by atoms with E-state index in [-0.39, 0.29) is 12.0 Å².